The molecule has 3 nitrogen and oxygen atoms in total. The Kier molecular flexibility index (Phi) is 3.91. The summed E-state index contributed by atoms with van der Waals surface area (Å²) in [5.74, 6) is 0. The van der Waals surface area contributed by atoms with E-state index in [1.165, 1.54) is 16.5 Å². The van der Waals surface area contributed by atoms with E-state index in [0.29, 0.717) is 0 Å². The molecule has 3 aromatic rings. The van der Waals surface area contributed by atoms with Gasteiger partial charge in [0.2, 0.25) is 0 Å². The predicted octanol–water partition coefficient (Wildman–Crippen LogP) is 3.35. The smallest absolute Gasteiger partial charge is 0.0795 e. The van der Waals surface area contributed by atoms with Crippen LogP contribution in [0.2, 0.25) is 0 Å². The monoisotopic (exact) mass is 271 g/mol. The molecular weight excluding hydrogens is 254 g/mol. The highest BCUT2D eigenvalue weighted by atomic mass is 32.1. The van der Waals surface area contributed by atoms with Gasteiger partial charge in [-0.25, -0.2) is 4.98 Å². The zero-order chi connectivity index (χ0) is 12.9. The fourth-order valence-corrected chi connectivity index (χ4v) is 2.84. The first-order valence-electron chi connectivity index (χ1n) is 6.56. The second kappa shape index (κ2) is 5.99. The zero-order valence-electron chi connectivity index (χ0n) is 10.7. The molecule has 0 aliphatic carbocycles. The van der Waals surface area contributed by atoms with Crippen molar-refractivity contribution in [2.45, 2.75) is 19.4 Å². The van der Waals surface area contributed by atoms with E-state index in [-0.39, 0.29) is 0 Å². The van der Waals surface area contributed by atoms with Crippen LogP contribution in [-0.2, 0) is 13.0 Å². The minimum Gasteiger partial charge on any atom is -0.361 e. The molecule has 2 heterocycles. The molecule has 19 heavy (non-hydrogen) atoms. The van der Waals surface area contributed by atoms with Gasteiger partial charge in [-0.15, -0.1) is 11.3 Å². The second-order valence-electron chi connectivity index (χ2n) is 4.62. The van der Waals surface area contributed by atoms with Gasteiger partial charge >= 0.3 is 0 Å². The minimum absolute atomic E-state index is 0.872. The maximum Gasteiger partial charge on any atom is 0.0795 e. The van der Waals surface area contributed by atoms with Crippen molar-refractivity contribution in [3.63, 3.8) is 0 Å². The largest absolute Gasteiger partial charge is 0.361 e. The minimum atomic E-state index is 0.872. The molecule has 0 aliphatic rings. The third-order valence-corrected chi connectivity index (χ3v) is 3.90. The Morgan fingerprint density at radius 3 is 3.11 bits per heavy atom. The molecule has 4 heteroatoms. The van der Waals surface area contributed by atoms with E-state index in [1.54, 1.807) is 11.3 Å². The summed E-state index contributed by atoms with van der Waals surface area (Å²) in [7, 11) is 0. The van der Waals surface area contributed by atoms with Crippen LogP contribution in [0.25, 0.3) is 10.9 Å². The number of fused-ring (bicyclic) bond motifs is 1. The number of aromatic nitrogens is 2. The number of nitrogens with zero attached hydrogens (tertiary/aromatic N) is 1. The van der Waals surface area contributed by atoms with E-state index >= 15 is 0 Å². The highest BCUT2D eigenvalue weighted by Gasteiger charge is 2.02. The number of hydrogen-bond donors (Lipinski definition) is 2. The Hall–Kier alpha value is -1.65. The van der Waals surface area contributed by atoms with Gasteiger partial charge in [-0.2, -0.15) is 0 Å². The van der Waals surface area contributed by atoms with Crippen molar-refractivity contribution in [3.8, 4) is 0 Å². The lowest BCUT2D eigenvalue weighted by molar-refractivity contribution is 0.643. The molecule has 0 fully saturated rings. The van der Waals surface area contributed by atoms with Gasteiger partial charge in [-0.1, -0.05) is 18.2 Å². The molecule has 0 radical (unpaired) electrons. The second-order valence-corrected chi connectivity index (χ2v) is 5.34. The van der Waals surface area contributed by atoms with Crippen LogP contribution in [0.4, 0.5) is 0 Å². The number of para-hydroxylation sites is 1. The summed E-state index contributed by atoms with van der Waals surface area (Å²) in [6, 6.07) is 8.47. The number of aryl methyl sites for hydroxylation is 1. The standard InChI is InChI=1S/C15H17N3S/c1-2-6-15-14(5-1)12(8-17-15)4-3-7-16-9-13-10-19-11-18-13/h1-2,5-6,8,10-11,16-17H,3-4,7,9H2. The van der Waals surface area contributed by atoms with Crippen LogP contribution in [-0.4, -0.2) is 16.5 Å². The Morgan fingerprint density at radius 2 is 2.21 bits per heavy atom. The van der Waals surface area contributed by atoms with Crippen LogP contribution in [0.3, 0.4) is 0 Å². The van der Waals surface area contributed by atoms with Crippen molar-refractivity contribution in [2.24, 2.45) is 0 Å². The van der Waals surface area contributed by atoms with Crippen molar-refractivity contribution >= 4 is 22.2 Å². The SMILES string of the molecule is c1ccc2c(CCCNCc3cscn3)c[nH]c2c1. The average Bonchev–Trinajstić information content (AvgIpc) is 3.08. The molecule has 1 aromatic carbocycles. The van der Waals surface area contributed by atoms with E-state index < -0.39 is 0 Å². The van der Waals surface area contributed by atoms with E-state index in [9.17, 15) is 0 Å². The third-order valence-electron chi connectivity index (χ3n) is 3.26. The maximum atomic E-state index is 4.26. The number of rotatable bonds is 6. The van der Waals surface area contributed by atoms with Crippen LogP contribution in [0.15, 0.2) is 41.4 Å². The van der Waals surface area contributed by atoms with Crippen molar-refractivity contribution in [2.75, 3.05) is 6.54 Å². The normalized spacial score (nSPS) is 11.2. The number of benzene rings is 1. The molecule has 3 rings (SSSR count). The number of thiazole rings is 1. The van der Waals surface area contributed by atoms with Gasteiger partial charge in [-0.05, 0) is 31.0 Å². The van der Waals surface area contributed by atoms with Crippen molar-refractivity contribution in [3.05, 3.63) is 52.6 Å². The highest BCUT2D eigenvalue weighted by molar-refractivity contribution is 7.07. The number of H-pyrrole nitrogens is 1. The van der Waals surface area contributed by atoms with Gasteiger partial charge in [-0.3, -0.25) is 0 Å². The fraction of sp³-hybridized carbons (Fsp3) is 0.267. The molecule has 0 unspecified atom stereocenters. The average molecular weight is 271 g/mol. The predicted molar refractivity (Wildman–Crippen MR) is 80.4 cm³/mol. The Morgan fingerprint density at radius 1 is 1.26 bits per heavy atom. The van der Waals surface area contributed by atoms with Crippen LogP contribution < -0.4 is 5.32 Å². The van der Waals surface area contributed by atoms with Crippen LogP contribution in [0.5, 0.6) is 0 Å². The van der Waals surface area contributed by atoms with Crippen LogP contribution >= 0.6 is 11.3 Å². The molecule has 0 bridgehead atoms. The summed E-state index contributed by atoms with van der Waals surface area (Å²) < 4.78 is 0. The summed E-state index contributed by atoms with van der Waals surface area (Å²) in [6.45, 7) is 1.90. The first-order valence-corrected chi connectivity index (χ1v) is 7.50. The lowest BCUT2D eigenvalue weighted by atomic mass is 10.1. The molecule has 0 amide bonds. The fourth-order valence-electron chi connectivity index (χ4n) is 2.28. The van der Waals surface area contributed by atoms with Crippen molar-refractivity contribution in [1.29, 1.82) is 0 Å². The third kappa shape index (κ3) is 3.03. The van der Waals surface area contributed by atoms with Gasteiger partial charge in [0.1, 0.15) is 0 Å². The lowest BCUT2D eigenvalue weighted by Gasteiger charge is -2.02. The van der Waals surface area contributed by atoms with Gasteiger partial charge in [0, 0.05) is 29.0 Å². The van der Waals surface area contributed by atoms with Crippen LogP contribution in [0.1, 0.15) is 17.7 Å². The summed E-state index contributed by atoms with van der Waals surface area (Å²) in [4.78, 5) is 7.58. The summed E-state index contributed by atoms with van der Waals surface area (Å²) >= 11 is 1.65. The molecule has 0 spiro atoms. The van der Waals surface area contributed by atoms with Gasteiger partial charge in [0.05, 0.1) is 11.2 Å². The lowest BCUT2D eigenvalue weighted by Crippen LogP contribution is -2.15. The molecular formula is C15H17N3S. The van der Waals surface area contributed by atoms with Crippen molar-refractivity contribution < 1.29 is 0 Å². The number of aromatic amines is 1. The summed E-state index contributed by atoms with van der Waals surface area (Å²) in [6.07, 6.45) is 4.38. The van der Waals surface area contributed by atoms with E-state index in [2.05, 4.69) is 51.1 Å². The molecule has 0 atom stereocenters. The molecule has 2 aromatic heterocycles. The first kappa shape index (κ1) is 12.4. The maximum absolute atomic E-state index is 4.26. The highest BCUT2D eigenvalue weighted by Crippen LogP contribution is 2.18. The molecule has 0 saturated heterocycles. The quantitative estimate of drug-likeness (QED) is 0.675. The van der Waals surface area contributed by atoms with Gasteiger partial charge in [0.25, 0.3) is 0 Å². The Balaban J connectivity index is 1.47. The Labute approximate surface area is 116 Å². The number of nitrogens with one attached hydrogen (secondary N) is 2. The van der Waals surface area contributed by atoms with Crippen molar-refractivity contribution in [1.82, 2.24) is 15.3 Å². The van der Waals surface area contributed by atoms with E-state index in [1.807, 2.05) is 5.51 Å². The molecule has 2 N–H and O–H groups in total. The topological polar surface area (TPSA) is 40.7 Å². The van der Waals surface area contributed by atoms with Crippen LogP contribution in [0, 0.1) is 0 Å². The van der Waals surface area contributed by atoms with Gasteiger partial charge in [0.15, 0.2) is 0 Å². The summed E-state index contributed by atoms with van der Waals surface area (Å²) in [5.41, 5.74) is 5.65. The molecule has 98 valence electrons. The van der Waals surface area contributed by atoms with Gasteiger partial charge < -0.3 is 10.3 Å². The summed E-state index contributed by atoms with van der Waals surface area (Å²) in [5, 5.41) is 6.87. The molecule has 0 aliphatic heterocycles. The zero-order valence-corrected chi connectivity index (χ0v) is 11.5. The number of hydrogen-bond acceptors (Lipinski definition) is 3. The van der Waals surface area contributed by atoms with E-state index in [0.717, 1.165) is 31.6 Å². The first-order chi connectivity index (χ1) is 9.43. The molecule has 0 saturated carbocycles. The van der Waals surface area contributed by atoms with E-state index in [4.69, 9.17) is 0 Å². The Bertz CT molecular complexity index is 628.